The van der Waals surface area contributed by atoms with Gasteiger partial charge in [-0.25, -0.2) is 9.79 Å². The summed E-state index contributed by atoms with van der Waals surface area (Å²) in [6, 6.07) is -1.07. The topological polar surface area (TPSA) is 128 Å². The first-order chi connectivity index (χ1) is 5.89. The van der Waals surface area contributed by atoms with Crippen LogP contribution in [0.3, 0.4) is 0 Å². The zero-order valence-corrected chi connectivity index (χ0v) is 7.94. The minimum absolute atomic E-state index is 0.0178. The Morgan fingerprint density at radius 1 is 1.62 bits per heavy atom. The third kappa shape index (κ3) is 5.65. The van der Waals surface area contributed by atoms with Crippen molar-refractivity contribution in [1.82, 2.24) is 0 Å². The van der Waals surface area contributed by atoms with E-state index in [1.54, 1.807) is 0 Å². The van der Waals surface area contributed by atoms with Crippen LogP contribution in [0.2, 0.25) is 0 Å². The van der Waals surface area contributed by atoms with E-state index >= 15 is 0 Å². The Bertz CT molecular complexity index is 197. The van der Waals surface area contributed by atoms with E-state index < -0.39 is 19.7 Å². The average molecular weight is 209 g/mol. The van der Waals surface area contributed by atoms with Gasteiger partial charge in [0, 0.05) is 12.6 Å². The summed E-state index contributed by atoms with van der Waals surface area (Å²) in [5.41, 5.74) is 5.16. The Labute approximate surface area is 76.4 Å². The number of nitrogens with two attached hydrogens (primary N) is 1. The van der Waals surface area contributed by atoms with Crippen LogP contribution in [-0.2, 0) is 4.79 Å². The van der Waals surface area contributed by atoms with Gasteiger partial charge in [-0.2, -0.15) is 0 Å². The van der Waals surface area contributed by atoms with Crippen LogP contribution in [0.1, 0.15) is 6.42 Å². The average Bonchev–Trinajstić information content (AvgIpc) is 2.00. The number of carboxylic acids is 1. The van der Waals surface area contributed by atoms with Crippen LogP contribution in [0.4, 0.5) is 0 Å². The molecule has 0 aromatic rings. The van der Waals surface area contributed by atoms with Crippen LogP contribution in [-0.4, -0.2) is 45.4 Å². The zero-order chi connectivity index (χ0) is 10.5. The molecular weight excluding hydrogens is 195 g/mol. The van der Waals surface area contributed by atoms with Gasteiger partial charge in [0.2, 0.25) is 0 Å². The lowest BCUT2D eigenvalue weighted by Crippen LogP contribution is -2.31. The third-order valence-electron chi connectivity index (χ3n) is 1.50. The van der Waals surface area contributed by atoms with Gasteiger partial charge in [-0.15, -0.1) is 0 Å². The van der Waals surface area contributed by atoms with Crippen molar-refractivity contribution in [3.05, 3.63) is 0 Å². The largest absolute Gasteiger partial charge is 0.480 e. The van der Waals surface area contributed by atoms with Crippen LogP contribution < -0.4 is 5.73 Å². The van der Waals surface area contributed by atoms with Crippen LogP contribution in [0.25, 0.3) is 0 Å². The predicted molar refractivity (Wildman–Crippen MR) is 50.1 cm³/mol. The summed E-state index contributed by atoms with van der Waals surface area (Å²) in [5.74, 6) is -1.16. The van der Waals surface area contributed by atoms with Crippen LogP contribution in [0.15, 0.2) is 0 Å². The Morgan fingerprint density at radius 3 is 2.54 bits per heavy atom. The quantitative estimate of drug-likeness (QED) is 0.291. The number of carboxylic acid groups (broad SMARTS) is 1. The lowest BCUT2D eigenvalue weighted by molar-refractivity contribution is -0.138. The number of carbonyl (C=O) groups is 1. The molecule has 76 valence electrons. The van der Waals surface area contributed by atoms with E-state index in [0.717, 1.165) is 6.21 Å². The van der Waals surface area contributed by atoms with Gasteiger partial charge >= 0.3 is 5.97 Å². The van der Waals surface area contributed by atoms with Gasteiger partial charge in [-0.1, -0.05) is 0 Å². The maximum absolute atomic E-state index is 10.3. The molecule has 0 saturated heterocycles. The second kappa shape index (κ2) is 5.24. The van der Waals surface area contributed by atoms with Gasteiger partial charge in [0.25, 0.3) is 7.72 Å². The van der Waals surface area contributed by atoms with E-state index in [4.69, 9.17) is 16.2 Å². The van der Waals surface area contributed by atoms with Gasteiger partial charge in [0.15, 0.2) is 0 Å². The Morgan fingerprint density at radius 2 is 2.15 bits per heavy atom. The third-order valence-corrected chi connectivity index (χ3v) is 3.24. The molecule has 0 saturated carbocycles. The molecule has 6 nitrogen and oxygen atoms in total. The van der Waals surface area contributed by atoms with Gasteiger partial charge in [0.1, 0.15) is 18.4 Å². The second-order valence-corrected chi connectivity index (χ2v) is 5.29. The molecule has 0 rings (SSSR count). The molecule has 7 heteroatoms. The highest BCUT2D eigenvalue weighted by Gasteiger charge is 2.32. The van der Waals surface area contributed by atoms with E-state index in [1.807, 2.05) is 0 Å². The number of rotatable bonds is 6. The van der Waals surface area contributed by atoms with E-state index in [2.05, 4.69) is 0 Å². The predicted octanol–water partition coefficient (Wildman–Crippen LogP) is -0.730. The van der Waals surface area contributed by atoms with Gasteiger partial charge < -0.3 is 16.2 Å². The molecule has 1 atom stereocenters. The smallest absolute Gasteiger partial charge is 0.320 e. The summed E-state index contributed by atoms with van der Waals surface area (Å²) in [4.78, 5) is 28.7. The summed E-state index contributed by atoms with van der Waals surface area (Å²) in [6.07, 6.45) is 0.763. The maximum atomic E-state index is 10.3. The molecule has 0 aromatic carbocycles. The van der Waals surface area contributed by atoms with Crippen molar-refractivity contribution in [3.63, 3.8) is 0 Å². The Hall–Kier alpha value is -0.550. The Balaban J connectivity index is 3.86. The van der Waals surface area contributed by atoms with Crippen molar-refractivity contribution in [2.75, 3.05) is 12.3 Å². The van der Waals surface area contributed by atoms with Crippen molar-refractivity contribution >= 4 is 19.9 Å². The number of nitrogens with one attached hydrogen (secondary N) is 1. The summed E-state index contributed by atoms with van der Waals surface area (Å²) >= 11 is 0. The van der Waals surface area contributed by atoms with Crippen LogP contribution >= 0.6 is 7.72 Å². The molecule has 0 fully saturated rings. The van der Waals surface area contributed by atoms with Crippen molar-refractivity contribution in [2.24, 2.45) is 5.73 Å². The molecule has 0 unspecified atom stereocenters. The molecule has 0 aliphatic rings. The fourth-order valence-corrected chi connectivity index (χ4v) is 1.87. The summed E-state index contributed by atoms with van der Waals surface area (Å²) in [6.45, 7) is 0. The van der Waals surface area contributed by atoms with Gasteiger partial charge in [0.05, 0.1) is 0 Å². The first-order valence-corrected chi connectivity index (χ1v) is 5.75. The van der Waals surface area contributed by atoms with Crippen molar-refractivity contribution in [3.8, 4) is 0 Å². The standard InChI is InChI=1S/C6H13N2O4P/c7-2-4-13(11,12)3-1-5(8)6(9)10/h2,5,7,11-12H,1,3-4,8H2/p+1/t5-/m0/s1. The summed E-state index contributed by atoms with van der Waals surface area (Å²) in [5, 5.41) is 15.1. The van der Waals surface area contributed by atoms with Gasteiger partial charge in [-0.05, 0) is 0 Å². The van der Waals surface area contributed by atoms with E-state index in [9.17, 15) is 14.6 Å². The molecule has 0 spiro atoms. The molecule has 0 bridgehead atoms. The molecule has 0 heterocycles. The Kier molecular flexibility index (Phi) is 5.02. The lowest BCUT2D eigenvalue weighted by atomic mass is 10.2. The van der Waals surface area contributed by atoms with E-state index in [1.165, 1.54) is 0 Å². The van der Waals surface area contributed by atoms with E-state index in [0.29, 0.717) is 0 Å². The minimum atomic E-state index is -3.12. The SMILES string of the molecule is N=CC[P+](O)(O)CC[C@H](N)C(=O)O. The fourth-order valence-electron chi connectivity index (χ4n) is 0.707. The molecule has 0 radical (unpaired) electrons. The minimum Gasteiger partial charge on any atom is -0.480 e. The highest BCUT2D eigenvalue weighted by molar-refractivity contribution is 7.65. The highest BCUT2D eigenvalue weighted by atomic mass is 31.2. The maximum Gasteiger partial charge on any atom is 0.320 e. The number of hydrogen-bond donors (Lipinski definition) is 5. The monoisotopic (exact) mass is 209 g/mol. The molecule has 0 aliphatic carbocycles. The van der Waals surface area contributed by atoms with E-state index in [-0.39, 0.29) is 18.7 Å². The van der Waals surface area contributed by atoms with Crippen molar-refractivity contribution in [1.29, 1.82) is 5.41 Å². The molecule has 0 amide bonds. The van der Waals surface area contributed by atoms with Crippen molar-refractivity contribution < 1.29 is 19.7 Å². The number of hydrogen-bond acceptors (Lipinski definition) is 5. The molecule has 0 aromatic heterocycles. The second-order valence-electron chi connectivity index (χ2n) is 2.72. The summed E-state index contributed by atoms with van der Waals surface area (Å²) < 4.78 is 0. The summed E-state index contributed by atoms with van der Waals surface area (Å²) in [7, 11) is -3.12. The van der Waals surface area contributed by atoms with Crippen molar-refractivity contribution in [2.45, 2.75) is 12.5 Å². The molecule has 0 aliphatic heterocycles. The lowest BCUT2D eigenvalue weighted by Gasteiger charge is -2.11. The fraction of sp³-hybridized carbons (Fsp3) is 0.667. The highest BCUT2D eigenvalue weighted by Crippen LogP contribution is 2.49. The molecule has 13 heavy (non-hydrogen) atoms. The number of aliphatic carboxylic acids is 1. The van der Waals surface area contributed by atoms with Crippen LogP contribution in [0.5, 0.6) is 0 Å². The first-order valence-electron chi connectivity index (χ1n) is 3.69. The molecule has 6 N–H and O–H groups in total. The molecular formula is C6H14N2O4P+. The van der Waals surface area contributed by atoms with Crippen LogP contribution in [0, 0.1) is 5.41 Å². The first kappa shape index (κ1) is 12.4. The zero-order valence-electron chi connectivity index (χ0n) is 7.05. The normalized spacial score (nSPS) is 13.8. The van der Waals surface area contributed by atoms with Gasteiger partial charge in [-0.3, -0.25) is 4.79 Å².